The zero-order valence-corrected chi connectivity index (χ0v) is 14.9. The topological polar surface area (TPSA) is 56.9 Å². The summed E-state index contributed by atoms with van der Waals surface area (Å²) in [5.41, 5.74) is 10.0. The van der Waals surface area contributed by atoms with Gasteiger partial charge in [0, 0.05) is 25.3 Å². The predicted molar refractivity (Wildman–Crippen MR) is 102 cm³/mol. The van der Waals surface area contributed by atoms with Gasteiger partial charge in [0.2, 0.25) is 0 Å². The van der Waals surface area contributed by atoms with Crippen molar-refractivity contribution in [2.24, 2.45) is 10.7 Å². The van der Waals surface area contributed by atoms with Crippen LogP contribution in [0.4, 0.5) is 5.69 Å². The van der Waals surface area contributed by atoms with Gasteiger partial charge in [-0.3, -0.25) is 4.99 Å². The summed E-state index contributed by atoms with van der Waals surface area (Å²) >= 11 is 0. The minimum Gasteiger partial charge on any atom is -0.370 e. The normalized spacial score (nSPS) is 20.0. The van der Waals surface area contributed by atoms with Crippen LogP contribution < -0.4 is 11.1 Å². The first-order valence-corrected chi connectivity index (χ1v) is 9.30. The number of benzene rings is 1. The van der Waals surface area contributed by atoms with Gasteiger partial charge in [-0.2, -0.15) is 0 Å². The Kier molecular flexibility index (Phi) is 6.10. The van der Waals surface area contributed by atoms with E-state index in [1.54, 1.807) is 0 Å². The first kappa shape index (κ1) is 17.2. The molecule has 0 aromatic heterocycles. The SMILES string of the molecule is CN1CCCN(CCCN=C(N)Nc2ccc3c(c2)CCC3)CC1. The van der Waals surface area contributed by atoms with Gasteiger partial charge in [-0.25, -0.2) is 0 Å². The Morgan fingerprint density at radius 3 is 2.92 bits per heavy atom. The molecule has 2 aliphatic rings. The molecule has 132 valence electrons. The minimum atomic E-state index is 0.531. The highest BCUT2D eigenvalue weighted by molar-refractivity contribution is 5.92. The molecule has 1 aliphatic heterocycles. The van der Waals surface area contributed by atoms with Crippen molar-refractivity contribution in [2.45, 2.75) is 32.1 Å². The van der Waals surface area contributed by atoms with Crippen LogP contribution in [0.5, 0.6) is 0 Å². The van der Waals surface area contributed by atoms with E-state index in [2.05, 4.69) is 45.4 Å². The summed E-state index contributed by atoms with van der Waals surface area (Å²) in [4.78, 5) is 9.44. The van der Waals surface area contributed by atoms with Crippen molar-refractivity contribution in [3.63, 3.8) is 0 Å². The van der Waals surface area contributed by atoms with Crippen molar-refractivity contribution in [1.82, 2.24) is 9.80 Å². The number of nitrogens with two attached hydrogens (primary N) is 1. The van der Waals surface area contributed by atoms with Crippen LogP contribution in [0, 0.1) is 0 Å². The second kappa shape index (κ2) is 8.49. The van der Waals surface area contributed by atoms with E-state index in [0.29, 0.717) is 5.96 Å². The van der Waals surface area contributed by atoms with Crippen molar-refractivity contribution in [1.29, 1.82) is 0 Å². The summed E-state index contributed by atoms with van der Waals surface area (Å²) in [6.45, 7) is 6.66. The van der Waals surface area contributed by atoms with Gasteiger partial charge in [-0.05, 0) is 82.0 Å². The van der Waals surface area contributed by atoms with E-state index in [4.69, 9.17) is 5.73 Å². The summed E-state index contributed by atoms with van der Waals surface area (Å²) in [7, 11) is 2.21. The first-order chi connectivity index (χ1) is 11.7. The Morgan fingerprint density at radius 1 is 1.12 bits per heavy atom. The number of fused-ring (bicyclic) bond motifs is 1. The molecule has 0 spiro atoms. The minimum absolute atomic E-state index is 0.531. The average Bonchev–Trinajstić information content (AvgIpc) is 2.93. The Morgan fingerprint density at radius 2 is 2.00 bits per heavy atom. The fraction of sp³-hybridized carbons (Fsp3) is 0.632. The van der Waals surface area contributed by atoms with Crippen LogP contribution in [0.3, 0.4) is 0 Å². The molecule has 0 radical (unpaired) electrons. The number of anilines is 1. The van der Waals surface area contributed by atoms with Crippen LogP contribution in [0.2, 0.25) is 0 Å². The second-order valence-electron chi connectivity index (χ2n) is 7.08. The highest BCUT2D eigenvalue weighted by Crippen LogP contribution is 2.24. The summed E-state index contributed by atoms with van der Waals surface area (Å²) in [6, 6.07) is 6.55. The van der Waals surface area contributed by atoms with E-state index in [0.717, 1.165) is 25.2 Å². The van der Waals surface area contributed by atoms with Crippen molar-refractivity contribution >= 4 is 11.6 Å². The van der Waals surface area contributed by atoms with E-state index in [9.17, 15) is 0 Å². The average molecular weight is 329 g/mol. The maximum atomic E-state index is 6.03. The van der Waals surface area contributed by atoms with Crippen molar-refractivity contribution in [3.8, 4) is 0 Å². The molecule has 0 atom stereocenters. The van der Waals surface area contributed by atoms with E-state index in [1.807, 2.05) is 0 Å². The molecule has 1 aromatic carbocycles. The predicted octanol–water partition coefficient (Wildman–Crippen LogP) is 1.93. The summed E-state index contributed by atoms with van der Waals surface area (Å²) < 4.78 is 0. The fourth-order valence-electron chi connectivity index (χ4n) is 3.65. The lowest BCUT2D eigenvalue weighted by Crippen LogP contribution is -2.30. The first-order valence-electron chi connectivity index (χ1n) is 9.30. The van der Waals surface area contributed by atoms with Gasteiger partial charge < -0.3 is 20.9 Å². The van der Waals surface area contributed by atoms with Crippen LogP contribution in [0.1, 0.15) is 30.4 Å². The molecular formula is C19H31N5. The van der Waals surface area contributed by atoms with E-state index in [1.165, 1.54) is 63.0 Å². The Labute approximate surface area is 145 Å². The number of aliphatic imine (C=N–C) groups is 1. The third-order valence-electron chi connectivity index (χ3n) is 5.10. The number of guanidine groups is 1. The van der Waals surface area contributed by atoms with Gasteiger partial charge in [-0.15, -0.1) is 0 Å². The quantitative estimate of drug-likeness (QED) is 0.492. The lowest BCUT2D eigenvalue weighted by atomic mass is 10.1. The number of nitrogens with zero attached hydrogens (tertiary/aromatic N) is 3. The van der Waals surface area contributed by atoms with E-state index >= 15 is 0 Å². The molecule has 3 rings (SSSR count). The van der Waals surface area contributed by atoms with Gasteiger partial charge in [0.1, 0.15) is 0 Å². The van der Waals surface area contributed by atoms with Crippen LogP contribution in [-0.4, -0.2) is 62.1 Å². The highest BCUT2D eigenvalue weighted by Gasteiger charge is 2.12. The molecule has 0 unspecified atom stereocenters. The fourth-order valence-corrected chi connectivity index (χ4v) is 3.65. The van der Waals surface area contributed by atoms with Crippen LogP contribution in [0.15, 0.2) is 23.2 Å². The maximum absolute atomic E-state index is 6.03. The molecule has 24 heavy (non-hydrogen) atoms. The third kappa shape index (κ3) is 4.95. The molecule has 1 aliphatic carbocycles. The molecule has 1 heterocycles. The third-order valence-corrected chi connectivity index (χ3v) is 5.10. The number of aryl methyl sites for hydroxylation is 2. The molecule has 1 fully saturated rings. The van der Waals surface area contributed by atoms with Crippen LogP contribution >= 0.6 is 0 Å². The Hall–Kier alpha value is -1.59. The molecule has 0 amide bonds. The lowest BCUT2D eigenvalue weighted by molar-refractivity contribution is 0.275. The number of nitrogens with one attached hydrogen (secondary N) is 1. The number of likely N-dealkylation sites (N-methyl/N-ethyl adjacent to an activating group) is 1. The largest absolute Gasteiger partial charge is 0.370 e. The molecule has 5 heteroatoms. The summed E-state index contributed by atoms with van der Waals surface area (Å²) in [5.74, 6) is 0.531. The number of rotatable bonds is 5. The molecule has 0 bridgehead atoms. The monoisotopic (exact) mass is 329 g/mol. The van der Waals surface area contributed by atoms with Gasteiger partial charge in [0.05, 0.1) is 0 Å². The van der Waals surface area contributed by atoms with Gasteiger partial charge in [0.25, 0.3) is 0 Å². The van der Waals surface area contributed by atoms with Crippen molar-refractivity contribution in [3.05, 3.63) is 29.3 Å². The van der Waals surface area contributed by atoms with Crippen molar-refractivity contribution in [2.75, 3.05) is 51.6 Å². The van der Waals surface area contributed by atoms with Crippen molar-refractivity contribution < 1.29 is 0 Å². The molecule has 1 aromatic rings. The highest BCUT2D eigenvalue weighted by atomic mass is 15.2. The second-order valence-corrected chi connectivity index (χ2v) is 7.08. The molecular weight excluding hydrogens is 298 g/mol. The van der Waals surface area contributed by atoms with Gasteiger partial charge >= 0.3 is 0 Å². The number of hydrogen-bond acceptors (Lipinski definition) is 3. The van der Waals surface area contributed by atoms with Gasteiger partial charge in [0.15, 0.2) is 5.96 Å². The van der Waals surface area contributed by atoms with Crippen LogP contribution in [-0.2, 0) is 12.8 Å². The van der Waals surface area contributed by atoms with Crippen LogP contribution in [0.25, 0.3) is 0 Å². The molecule has 3 N–H and O–H groups in total. The maximum Gasteiger partial charge on any atom is 0.193 e. The Balaban J connectivity index is 1.40. The molecule has 1 saturated heterocycles. The van der Waals surface area contributed by atoms with E-state index in [-0.39, 0.29) is 0 Å². The zero-order valence-electron chi connectivity index (χ0n) is 14.9. The number of hydrogen-bond donors (Lipinski definition) is 2. The van der Waals surface area contributed by atoms with E-state index < -0.39 is 0 Å². The molecule has 5 nitrogen and oxygen atoms in total. The summed E-state index contributed by atoms with van der Waals surface area (Å²) in [5, 5.41) is 3.23. The standard InChI is InChI=1S/C19H31N5/c1-23-10-4-12-24(14-13-23)11-3-9-21-19(20)22-18-8-7-16-5-2-6-17(16)15-18/h7-8,15H,2-6,9-14H2,1H3,(H3,20,21,22). The Bertz CT molecular complexity index is 569. The van der Waals surface area contributed by atoms with Gasteiger partial charge in [-0.1, -0.05) is 6.07 Å². The summed E-state index contributed by atoms with van der Waals surface area (Å²) in [6.07, 6.45) is 6.01. The molecule has 0 saturated carbocycles. The smallest absolute Gasteiger partial charge is 0.193 e. The zero-order chi connectivity index (χ0) is 16.8. The lowest BCUT2D eigenvalue weighted by Gasteiger charge is -2.19.